The molecule has 6 rings (SSSR count). The van der Waals surface area contributed by atoms with E-state index in [0.29, 0.717) is 14.5 Å². The molecule has 0 saturated heterocycles. The van der Waals surface area contributed by atoms with Crippen LogP contribution < -0.4 is 26.0 Å². The van der Waals surface area contributed by atoms with Crippen molar-refractivity contribution in [2.45, 2.75) is 12.8 Å². The summed E-state index contributed by atoms with van der Waals surface area (Å²) in [6.07, 6.45) is 4.71. The molecule has 0 bridgehead atoms. The van der Waals surface area contributed by atoms with E-state index in [1.54, 1.807) is 0 Å². The van der Waals surface area contributed by atoms with Crippen molar-refractivity contribution >= 4 is 37.7 Å². The van der Waals surface area contributed by atoms with Gasteiger partial charge in [0.05, 0.1) is 0 Å². The Morgan fingerprint density at radius 1 is 0.706 bits per heavy atom. The average molecular weight is 476 g/mol. The average Bonchev–Trinajstić information content (AvgIpc) is 3.31. The van der Waals surface area contributed by atoms with Crippen molar-refractivity contribution in [1.82, 2.24) is 0 Å². The standard InChI is InChI=1S/C31H26OP2/c1-22-26-18-11-19-28(33-23-12-5-2-6-13-23)30(26)32-31-27(22)20-21-29(31)34(24-14-7-3-8-15-24)25-16-9-4-10-17-25/h2-22,27,33H,1H3/t22-,27?/m1/s1. The second-order valence-corrected chi connectivity index (χ2v) is 12.3. The van der Waals surface area contributed by atoms with Gasteiger partial charge in [-0.15, -0.1) is 0 Å². The second-order valence-electron chi connectivity index (χ2n) is 8.75. The summed E-state index contributed by atoms with van der Waals surface area (Å²) in [4.78, 5) is 0. The Morgan fingerprint density at radius 3 is 1.97 bits per heavy atom. The molecule has 0 spiro atoms. The Hall–Kier alpha value is -2.98. The van der Waals surface area contributed by atoms with Gasteiger partial charge in [0.1, 0.15) is 11.5 Å². The Bertz CT molecular complexity index is 1320. The molecule has 0 N–H and O–H groups in total. The second kappa shape index (κ2) is 9.34. The number of para-hydroxylation sites is 1. The lowest BCUT2D eigenvalue weighted by atomic mass is 9.85. The maximum atomic E-state index is 6.91. The summed E-state index contributed by atoms with van der Waals surface area (Å²) in [6, 6.07) is 39.2. The van der Waals surface area contributed by atoms with Crippen LogP contribution in [0.2, 0.25) is 0 Å². The Kier molecular flexibility index (Phi) is 5.92. The molecule has 0 radical (unpaired) electrons. The van der Waals surface area contributed by atoms with Crippen LogP contribution in [0.1, 0.15) is 18.4 Å². The van der Waals surface area contributed by atoms with Gasteiger partial charge in [0.15, 0.2) is 0 Å². The van der Waals surface area contributed by atoms with Crippen molar-refractivity contribution in [1.29, 1.82) is 0 Å². The van der Waals surface area contributed by atoms with E-state index < -0.39 is 7.92 Å². The van der Waals surface area contributed by atoms with E-state index in [4.69, 9.17) is 4.74 Å². The van der Waals surface area contributed by atoms with Crippen LogP contribution in [-0.2, 0) is 0 Å². The van der Waals surface area contributed by atoms with Gasteiger partial charge >= 0.3 is 0 Å². The number of hydrogen-bond donors (Lipinski definition) is 0. The molecule has 0 amide bonds. The highest BCUT2D eigenvalue weighted by Crippen LogP contribution is 2.54. The number of hydrogen-bond acceptors (Lipinski definition) is 1. The first-order valence-corrected chi connectivity index (χ1v) is 14.1. The minimum atomic E-state index is -0.692. The van der Waals surface area contributed by atoms with Crippen LogP contribution in [0.25, 0.3) is 0 Å². The van der Waals surface area contributed by atoms with E-state index in [-0.39, 0.29) is 5.92 Å². The topological polar surface area (TPSA) is 9.23 Å². The fourth-order valence-corrected chi connectivity index (χ4v) is 8.53. The van der Waals surface area contributed by atoms with E-state index >= 15 is 0 Å². The SMILES string of the molecule is C[C@@H]1c2cccc(Pc3ccccc3)c2OC2=C(P(c3ccccc3)c3ccccc3)C=CC21. The minimum Gasteiger partial charge on any atom is -0.459 e. The highest BCUT2D eigenvalue weighted by Gasteiger charge is 2.38. The summed E-state index contributed by atoms with van der Waals surface area (Å²) < 4.78 is 6.91. The third kappa shape index (κ3) is 3.94. The minimum absolute atomic E-state index is 0.287. The summed E-state index contributed by atoms with van der Waals surface area (Å²) in [5.74, 6) is 2.89. The van der Waals surface area contributed by atoms with Gasteiger partial charge in [-0.25, -0.2) is 0 Å². The molecule has 4 aromatic carbocycles. The number of rotatable bonds is 5. The number of benzene rings is 4. The molecular formula is C31H26OP2. The molecule has 4 aromatic rings. The van der Waals surface area contributed by atoms with Crippen LogP contribution in [0, 0.1) is 5.92 Å². The molecule has 1 nitrogen and oxygen atoms in total. The van der Waals surface area contributed by atoms with Crippen LogP contribution in [0.4, 0.5) is 0 Å². The van der Waals surface area contributed by atoms with Crippen molar-refractivity contribution in [3.05, 3.63) is 138 Å². The van der Waals surface area contributed by atoms with Gasteiger partial charge in [-0.2, -0.15) is 0 Å². The van der Waals surface area contributed by atoms with Gasteiger partial charge in [-0.05, 0) is 35.3 Å². The van der Waals surface area contributed by atoms with E-state index in [1.165, 1.54) is 32.1 Å². The van der Waals surface area contributed by atoms with Gasteiger partial charge in [-0.3, -0.25) is 0 Å². The summed E-state index contributed by atoms with van der Waals surface area (Å²) in [6.45, 7) is 2.35. The maximum absolute atomic E-state index is 6.91. The zero-order valence-corrected chi connectivity index (χ0v) is 21.0. The first-order chi connectivity index (χ1) is 16.8. The summed E-state index contributed by atoms with van der Waals surface area (Å²) in [7, 11) is -0.113. The van der Waals surface area contributed by atoms with Crippen LogP contribution in [0.5, 0.6) is 5.75 Å². The summed E-state index contributed by atoms with van der Waals surface area (Å²) in [5, 5.41) is 6.68. The normalized spacial score (nSPS) is 18.9. The van der Waals surface area contributed by atoms with Crippen LogP contribution >= 0.6 is 16.5 Å². The highest BCUT2D eigenvalue weighted by molar-refractivity contribution is 7.77. The molecule has 34 heavy (non-hydrogen) atoms. The smallest absolute Gasteiger partial charge is 0.138 e. The van der Waals surface area contributed by atoms with Crippen molar-refractivity contribution in [3.63, 3.8) is 0 Å². The molecule has 1 aliphatic carbocycles. The Balaban J connectivity index is 1.47. The molecule has 0 saturated carbocycles. The van der Waals surface area contributed by atoms with Gasteiger partial charge < -0.3 is 4.74 Å². The van der Waals surface area contributed by atoms with E-state index in [0.717, 1.165) is 11.5 Å². The fraction of sp³-hybridized carbons (Fsp3) is 0.0968. The fourth-order valence-electron chi connectivity index (χ4n) is 4.92. The molecule has 1 aliphatic heterocycles. The van der Waals surface area contributed by atoms with Crippen molar-refractivity contribution in [2.75, 3.05) is 0 Å². The molecule has 2 aliphatic rings. The van der Waals surface area contributed by atoms with E-state index in [1.807, 2.05) is 0 Å². The van der Waals surface area contributed by atoms with Gasteiger partial charge in [-0.1, -0.05) is 137 Å². The maximum Gasteiger partial charge on any atom is 0.138 e. The molecule has 1 heterocycles. The molecule has 2 unspecified atom stereocenters. The number of allylic oxidation sites excluding steroid dienone is 3. The van der Waals surface area contributed by atoms with E-state index in [2.05, 4.69) is 128 Å². The van der Waals surface area contributed by atoms with Crippen molar-refractivity contribution < 1.29 is 4.74 Å². The predicted octanol–water partition coefficient (Wildman–Crippen LogP) is 6.34. The zero-order valence-electron chi connectivity index (χ0n) is 19.1. The lowest BCUT2D eigenvalue weighted by Gasteiger charge is -2.33. The lowest BCUT2D eigenvalue weighted by Crippen LogP contribution is -2.24. The zero-order chi connectivity index (χ0) is 22.9. The monoisotopic (exact) mass is 476 g/mol. The first kappa shape index (κ1) is 21.5. The van der Waals surface area contributed by atoms with Gasteiger partial charge in [0.25, 0.3) is 0 Å². The third-order valence-corrected chi connectivity index (χ3v) is 10.4. The van der Waals surface area contributed by atoms with Gasteiger partial charge in [0.2, 0.25) is 0 Å². The number of fused-ring (bicyclic) bond motifs is 2. The molecule has 0 fully saturated rings. The Morgan fingerprint density at radius 2 is 1.32 bits per heavy atom. The summed E-state index contributed by atoms with van der Waals surface area (Å²) in [5.41, 5.74) is 1.32. The third-order valence-electron chi connectivity index (χ3n) is 6.63. The number of ether oxygens (including phenoxy) is 1. The van der Waals surface area contributed by atoms with Crippen molar-refractivity contribution in [2.24, 2.45) is 5.92 Å². The predicted molar refractivity (Wildman–Crippen MR) is 148 cm³/mol. The summed E-state index contributed by atoms with van der Waals surface area (Å²) >= 11 is 0. The van der Waals surface area contributed by atoms with Crippen molar-refractivity contribution in [3.8, 4) is 5.75 Å². The first-order valence-electron chi connectivity index (χ1n) is 11.7. The lowest BCUT2D eigenvalue weighted by molar-refractivity contribution is 0.324. The van der Waals surface area contributed by atoms with Crippen LogP contribution in [0.15, 0.2) is 132 Å². The molecule has 3 atom stereocenters. The van der Waals surface area contributed by atoms with E-state index in [9.17, 15) is 0 Å². The Labute approximate surface area is 204 Å². The van der Waals surface area contributed by atoms with Gasteiger partial charge in [0, 0.05) is 16.5 Å². The molecule has 166 valence electrons. The molecule has 0 aromatic heterocycles. The largest absolute Gasteiger partial charge is 0.459 e. The molecular weight excluding hydrogens is 450 g/mol. The van der Waals surface area contributed by atoms with Crippen LogP contribution in [0.3, 0.4) is 0 Å². The quantitative estimate of drug-likeness (QED) is 0.306. The highest BCUT2D eigenvalue weighted by atomic mass is 31.1. The van der Waals surface area contributed by atoms with Crippen LogP contribution in [-0.4, -0.2) is 0 Å². The molecule has 3 heteroatoms.